The molecular weight excluding hydrogens is 865 g/mol. The summed E-state index contributed by atoms with van der Waals surface area (Å²) in [5.74, 6) is -0.318. The lowest BCUT2D eigenvalue weighted by molar-refractivity contribution is -0.305. The maximum absolute atomic E-state index is 12.9. The average molecular weight is 976 g/mol. The highest BCUT2D eigenvalue weighted by Crippen LogP contribution is 2.23. The third-order valence-electron chi connectivity index (χ3n) is 13.5. The van der Waals surface area contributed by atoms with Crippen molar-refractivity contribution in [1.82, 2.24) is 0 Å². The monoisotopic (exact) mass is 975 g/mol. The second-order valence-electron chi connectivity index (χ2n) is 20.1. The minimum Gasteiger partial charge on any atom is -0.457 e. The van der Waals surface area contributed by atoms with Crippen LogP contribution in [0.1, 0.15) is 264 Å². The Morgan fingerprint density at radius 3 is 1.33 bits per heavy atom. The predicted octanol–water partition coefficient (Wildman–Crippen LogP) is 15.2. The summed E-state index contributed by atoms with van der Waals surface area (Å²) in [7, 11) is 0. The van der Waals surface area contributed by atoms with Gasteiger partial charge in [-0.3, -0.25) is 4.79 Å². The Morgan fingerprint density at radius 2 is 0.884 bits per heavy atom. The van der Waals surface area contributed by atoms with Crippen LogP contribution in [0.25, 0.3) is 0 Å². The number of carbonyl (C=O) groups excluding carboxylic acids is 1. The molecule has 404 valence electrons. The van der Waals surface area contributed by atoms with Crippen molar-refractivity contribution in [2.75, 3.05) is 26.4 Å². The third-order valence-corrected chi connectivity index (χ3v) is 13.5. The van der Waals surface area contributed by atoms with Crippen LogP contribution in [0.5, 0.6) is 0 Å². The Hall–Kier alpha value is -1.85. The van der Waals surface area contributed by atoms with Crippen LogP contribution >= 0.6 is 0 Å². The third kappa shape index (κ3) is 41.3. The van der Waals surface area contributed by atoms with Gasteiger partial charge in [0, 0.05) is 13.0 Å². The molecule has 0 aromatic rings. The molecule has 6 atom stereocenters. The Balaban J connectivity index is 2.14. The Bertz CT molecular complexity index is 1200. The predicted molar refractivity (Wildman–Crippen MR) is 288 cm³/mol. The number of esters is 1. The molecular formula is C60H110O9. The quantitative estimate of drug-likeness (QED) is 0.0267. The minimum atomic E-state index is -1.54. The molecule has 0 bridgehead atoms. The molecule has 6 unspecified atom stereocenters. The van der Waals surface area contributed by atoms with Gasteiger partial charge < -0.3 is 39.4 Å². The van der Waals surface area contributed by atoms with Crippen molar-refractivity contribution in [3.63, 3.8) is 0 Å². The highest BCUT2D eigenvalue weighted by atomic mass is 16.7. The molecule has 1 aliphatic heterocycles. The topological polar surface area (TPSA) is 135 Å². The number of rotatable bonds is 51. The molecule has 0 saturated carbocycles. The molecule has 4 N–H and O–H groups in total. The summed E-state index contributed by atoms with van der Waals surface area (Å²) in [5, 5.41) is 40.4. The van der Waals surface area contributed by atoms with Crippen LogP contribution in [-0.4, -0.2) is 89.6 Å². The van der Waals surface area contributed by atoms with Crippen molar-refractivity contribution in [3.05, 3.63) is 48.6 Å². The number of unbranched alkanes of at least 4 members (excludes halogenated alkanes) is 32. The van der Waals surface area contributed by atoms with Gasteiger partial charge in [0.2, 0.25) is 0 Å². The molecule has 9 nitrogen and oxygen atoms in total. The lowest BCUT2D eigenvalue weighted by atomic mass is 9.99. The molecule has 9 heteroatoms. The van der Waals surface area contributed by atoms with Gasteiger partial charge in [-0.25, -0.2) is 0 Å². The zero-order chi connectivity index (χ0) is 49.9. The van der Waals surface area contributed by atoms with Crippen molar-refractivity contribution in [3.8, 4) is 0 Å². The van der Waals surface area contributed by atoms with Gasteiger partial charge >= 0.3 is 5.97 Å². The van der Waals surface area contributed by atoms with E-state index >= 15 is 0 Å². The number of aliphatic hydroxyl groups is 4. The summed E-state index contributed by atoms with van der Waals surface area (Å²) >= 11 is 0. The van der Waals surface area contributed by atoms with E-state index in [0.717, 1.165) is 64.2 Å². The molecule has 1 fully saturated rings. The summed E-state index contributed by atoms with van der Waals surface area (Å²) < 4.78 is 23.0. The second-order valence-corrected chi connectivity index (χ2v) is 20.1. The number of aliphatic hydroxyl groups excluding tert-OH is 4. The fourth-order valence-corrected chi connectivity index (χ4v) is 9.02. The Morgan fingerprint density at radius 1 is 0.478 bits per heavy atom. The summed E-state index contributed by atoms with van der Waals surface area (Å²) in [6.45, 7) is 4.49. The highest BCUT2D eigenvalue weighted by Gasteiger charge is 2.44. The van der Waals surface area contributed by atoms with Crippen LogP contribution in [0.15, 0.2) is 48.6 Å². The van der Waals surface area contributed by atoms with E-state index in [1.165, 1.54) is 180 Å². The first-order chi connectivity index (χ1) is 33.9. The lowest BCUT2D eigenvalue weighted by Gasteiger charge is -2.39. The molecule has 69 heavy (non-hydrogen) atoms. The summed E-state index contributed by atoms with van der Waals surface area (Å²) in [6.07, 6.45) is 58.8. The SMILES string of the molecule is CC/C=C\C/C=C\C/C=C\C/C=C\CCCCCCCCCCC(=O)OC(COCCCCCCCCCCCCCCCCCCCCCCCCCCC)COC1OC(CO)C(O)C(O)C1O. The van der Waals surface area contributed by atoms with E-state index in [4.69, 9.17) is 18.9 Å². The van der Waals surface area contributed by atoms with Crippen LogP contribution < -0.4 is 0 Å². The van der Waals surface area contributed by atoms with Crippen LogP contribution in [0.4, 0.5) is 0 Å². The number of hydrogen-bond acceptors (Lipinski definition) is 9. The maximum atomic E-state index is 12.9. The zero-order valence-corrected chi connectivity index (χ0v) is 44.8. The first-order valence-electron chi connectivity index (χ1n) is 29.2. The molecule has 1 aliphatic rings. The van der Waals surface area contributed by atoms with Crippen molar-refractivity contribution < 1.29 is 44.2 Å². The maximum Gasteiger partial charge on any atom is 0.306 e. The van der Waals surface area contributed by atoms with E-state index in [0.29, 0.717) is 13.0 Å². The van der Waals surface area contributed by atoms with Gasteiger partial charge in [0.15, 0.2) is 6.29 Å². The fourth-order valence-electron chi connectivity index (χ4n) is 9.02. The van der Waals surface area contributed by atoms with Crippen molar-refractivity contribution in [2.24, 2.45) is 0 Å². The van der Waals surface area contributed by atoms with E-state index in [1.54, 1.807) is 0 Å². The van der Waals surface area contributed by atoms with Crippen LogP contribution in [0.2, 0.25) is 0 Å². The summed E-state index contributed by atoms with van der Waals surface area (Å²) in [6, 6.07) is 0. The van der Waals surface area contributed by atoms with E-state index in [2.05, 4.69) is 62.5 Å². The number of allylic oxidation sites excluding steroid dienone is 8. The van der Waals surface area contributed by atoms with E-state index < -0.39 is 43.4 Å². The zero-order valence-electron chi connectivity index (χ0n) is 44.8. The van der Waals surface area contributed by atoms with Crippen LogP contribution in [0.3, 0.4) is 0 Å². The number of ether oxygens (including phenoxy) is 4. The molecule has 1 rings (SSSR count). The van der Waals surface area contributed by atoms with Crippen molar-refractivity contribution in [1.29, 1.82) is 0 Å². The van der Waals surface area contributed by atoms with E-state index in [1.807, 2.05) is 0 Å². The fraction of sp³-hybridized carbons (Fsp3) is 0.850. The van der Waals surface area contributed by atoms with Gasteiger partial charge in [0.05, 0.1) is 19.8 Å². The van der Waals surface area contributed by atoms with Crippen LogP contribution in [0, 0.1) is 0 Å². The standard InChI is InChI=1S/C60H110O9/c1-3-5-7-9-11-13-15-17-19-21-23-25-26-27-28-30-32-34-36-38-40-42-44-46-48-50-66-52-54(53-67-60-59(65)58(64)57(63)55(51-61)69-60)68-56(62)49-47-45-43-41-39-37-35-33-31-29-24-22-20-18-16-14-12-10-8-6-4-2/h6,8,12,14,18,20,24,29,54-55,57-61,63-65H,3-5,7,9-11,13,15-17,19,21-23,25-28,30-53H2,1-2H3/b8-6-,14-12-,20-18-,29-24-. The normalized spacial score (nSPS) is 19.3. The van der Waals surface area contributed by atoms with E-state index in [-0.39, 0.29) is 19.2 Å². The molecule has 1 saturated heterocycles. The molecule has 1 heterocycles. The Kier molecular flexibility index (Phi) is 48.2. The van der Waals surface area contributed by atoms with Gasteiger partial charge in [-0.1, -0.05) is 255 Å². The first-order valence-corrected chi connectivity index (χ1v) is 29.2. The number of hydrogen-bond donors (Lipinski definition) is 4. The minimum absolute atomic E-state index is 0.115. The van der Waals surface area contributed by atoms with Crippen LogP contribution in [-0.2, 0) is 23.7 Å². The second kappa shape index (κ2) is 51.1. The average Bonchev–Trinajstić information content (AvgIpc) is 3.35. The van der Waals surface area contributed by atoms with Gasteiger partial charge in [-0.2, -0.15) is 0 Å². The highest BCUT2D eigenvalue weighted by molar-refractivity contribution is 5.69. The molecule has 0 spiro atoms. The van der Waals surface area contributed by atoms with Crippen molar-refractivity contribution >= 4 is 5.97 Å². The molecule has 0 radical (unpaired) electrons. The lowest BCUT2D eigenvalue weighted by Crippen LogP contribution is -2.59. The van der Waals surface area contributed by atoms with Gasteiger partial charge in [0.25, 0.3) is 0 Å². The molecule has 0 aliphatic carbocycles. The van der Waals surface area contributed by atoms with Crippen molar-refractivity contribution in [2.45, 2.75) is 301 Å². The van der Waals surface area contributed by atoms with Gasteiger partial charge in [-0.05, 0) is 51.4 Å². The van der Waals surface area contributed by atoms with E-state index in [9.17, 15) is 25.2 Å². The molecule has 0 amide bonds. The molecule has 0 aromatic heterocycles. The first kappa shape index (κ1) is 65.2. The summed E-state index contributed by atoms with van der Waals surface area (Å²) in [4.78, 5) is 12.9. The van der Waals surface area contributed by atoms with Gasteiger partial charge in [0.1, 0.15) is 30.5 Å². The summed E-state index contributed by atoms with van der Waals surface area (Å²) in [5.41, 5.74) is 0. The van der Waals surface area contributed by atoms with Gasteiger partial charge in [-0.15, -0.1) is 0 Å². The smallest absolute Gasteiger partial charge is 0.306 e. The number of carbonyl (C=O) groups is 1. The largest absolute Gasteiger partial charge is 0.457 e. The Labute approximate surface area is 424 Å². The molecule has 0 aromatic carbocycles.